The molecule has 0 spiro atoms. The lowest BCUT2D eigenvalue weighted by atomic mass is 9.64. The molecule has 0 amide bonds. The maximum atomic E-state index is 2.58. The maximum absolute atomic E-state index is 2.58. The molecule has 1 aliphatic rings. The SMILES string of the molecule is CC1CC(C)(C)C(C)CC(C)(C)CC(C)(C)CN1C. The molecule has 114 valence electrons. The second kappa shape index (κ2) is 5.39. The molecule has 2 unspecified atom stereocenters. The van der Waals surface area contributed by atoms with Crippen LogP contribution < -0.4 is 0 Å². The average molecular weight is 268 g/mol. The average Bonchev–Trinajstić information content (AvgIpc) is 2.11. The van der Waals surface area contributed by atoms with Gasteiger partial charge in [-0.05, 0) is 55.4 Å². The first-order valence-electron chi connectivity index (χ1n) is 8.05. The smallest absolute Gasteiger partial charge is 0.00692 e. The minimum Gasteiger partial charge on any atom is -0.303 e. The third-order valence-corrected chi connectivity index (χ3v) is 5.40. The van der Waals surface area contributed by atoms with Crippen molar-refractivity contribution in [2.45, 2.75) is 80.7 Å². The molecular formula is C18H37N. The third-order valence-electron chi connectivity index (χ3n) is 5.40. The minimum atomic E-state index is 0.410. The molecule has 0 radical (unpaired) electrons. The van der Waals surface area contributed by atoms with Crippen LogP contribution in [0.5, 0.6) is 0 Å². The summed E-state index contributed by atoms with van der Waals surface area (Å²) in [5, 5.41) is 0. The third kappa shape index (κ3) is 4.77. The van der Waals surface area contributed by atoms with Gasteiger partial charge in [-0.15, -0.1) is 0 Å². The second-order valence-corrected chi connectivity index (χ2v) is 9.57. The zero-order valence-corrected chi connectivity index (χ0v) is 14.9. The van der Waals surface area contributed by atoms with Gasteiger partial charge in [0.2, 0.25) is 0 Å². The van der Waals surface area contributed by atoms with Gasteiger partial charge in [0.15, 0.2) is 0 Å². The van der Waals surface area contributed by atoms with E-state index in [9.17, 15) is 0 Å². The topological polar surface area (TPSA) is 3.24 Å². The van der Waals surface area contributed by atoms with Gasteiger partial charge in [-0.1, -0.05) is 48.5 Å². The molecule has 1 heteroatoms. The predicted molar refractivity (Wildman–Crippen MR) is 86.5 cm³/mol. The van der Waals surface area contributed by atoms with E-state index in [1.165, 1.54) is 25.8 Å². The van der Waals surface area contributed by atoms with Gasteiger partial charge in [0.25, 0.3) is 0 Å². The van der Waals surface area contributed by atoms with Crippen molar-refractivity contribution in [1.82, 2.24) is 4.90 Å². The van der Waals surface area contributed by atoms with Crippen LogP contribution in [0.2, 0.25) is 0 Å². The van der Waals surface area contributed by atoms with Crippen LogP contribution in [0, 0.1) is 22.2 Å². The Balaban J connectivity index is 3.01. The van der Waals surface area contributed by atoms with Crippen molar-refractivity contribution in [3.05, 3.63) is 0 Å². The Kier molecular flexibility index (Phi) is 4.83. The summed E-state index contributed by atoms with van der Waals surface area (Å²) in [5.41, 5.74) is 1.29. The molecule has 0 aliphatic carbocycles. The molecule has 19 heavy (non-hydrogen) atoms. The van der Waals surface area contributed by atoms with Crippen molar-refractivity contribution < 1.29 is 0 Å². The van der Waals surface area contributed by atoms with Crippen LogP contribution in [0.25, 0.3) is 0 Å². The van der Waals surface area contributed by atoms with Gasteiger partial charge in [0.1, 0.15) is 0 Å². The molecule has 0 bridgehead atoms. The first-order chi connectivity index (χ1) is 8.35. The second-order valence-electron chi connectivity index (χ2n) is 9.57. The van der Waals surface area contributed by atoms with E-state index >= 15 is 0 Å². The number of hydrogen-bond acceptors (Lipinski definition) is 1. The van der Waals surface area contributed by atoms with E-state index in [0.29, 0.717) is 22.3 Å². The summed E-state index contributed by atoms with van der Waals surface area (Å²) in [6.07, 6.45) is 3.97. The van der Waals surface area contributed by atoms with Crippen LogP contribution in [0.1, 0.15) is 74.7 Å². The van der Waals surface area contributed by atoms with Crippen LogP contribution in [0.3, 0.4) is 0 Å². The van der Waals surface area contributed by atoms with Crippen molar-refractivity contribution in [1.29, 1.82) is 0 Å². The Bertz CT molecular complexity index is 301. The molecular weight excluding hydrogens is 230 g/mol. The Labute approximate surface area is 122 Å². The Hall–Kier alpha value is -0.0400. The van der Waals surface area contributed by atoms with E-state index < -0.39 is 0 Å². The molecule has 1 saturated heterocycles. The van der Waals surface area contributed by atoms with E-state index in [2.05, 4.69) is 67.3 Å². The highest BCUT2D eigenvalue weighted by Gasteiger charge is 2.38. The Morgan fingerprint density at radius 1 is 0.842 bits per heavy atom. The summed E-state index contributed by atoms with van der Waals surface area (Å²) in [5.74, 6) is 0.784. The van der Waals surface area contributed by atoms with Gasteiger partial charge < -0.3 is 4.90 Å². The zero-order valence-electron chi connectivity index (χ0n) is 14.9. The largest absolute Gasteiger partial charge is 0.303 e. The normalized spacial score (nSPS) is 35.8. The molecule has 0 aromatic heterocycles. The lowest BCUT2D eigenvalue weighted by Gasteiger charge is -2.46. The van der Waals surface area contributed by atoms with E-state index in [0.717, 1.165) is 5.92 Å². The first kappa shape index (κ1) is 17.0. The fourth-order valence-corrected chi connectivity index (χ4v) is 4.48. The summed E-state index contributed by atoms with van der Waals surface area (Å²) in [4.78, 5) is 2.58. The van der Waals surface area contributed by atoms with E-state index in [-0.39, 0.29) is 0 Å². The molecule has 1 nitrogen and oxygen atoms in total. The van der Waals surface area contributed by atoms with Gasteiger partial charge in [-0.2, -0.15) is 0 Å². The highest BCUT2D eigenvalue weighted by molar-refractivity contribution is 4.90. The van der Waals surface area contributed by atoms with Crippen molar-refractivity contribution in [3.63, 3.8) is 0 Å². The first-order valence-corrected chi connectivity index (χ1v) is 8.05. The summed E-state index contributed by atoms with van der Waals surface area (Å²) < 4.78 is 0. The van der Waals surface area contributed by atoms with E-state index in [1.807, 2.05) is 0 Å². The van der Waals surface area contributed by atoms with Crippen LogP contribution in [-0.2, 0) is 0 Å². The van der Waals surface area contributed by atoms with Crippen molar-refractivity contribution >= 4 is 0 Å². The maximum Gasteiger partial charge on any atom is 0.00692 e. The molecule has 1 heterocycles. The van der Waals surface area contributed by atoms with Gasteiger partial charge >= 0.3 is 0 Å². The highest BCUT2D eigenvalue weighted by atomic mass is 15.1. The van der Waals surface area contributed by atoms with E-state index in [4.69, 9.17) is 0 Å². The van der Waals surface area contributed by atoms with Crippen LogP contribution in [-0.4, -0.2) is 24.5 Å². The van der Waals surface area contributed by atoms with Gasteiger partial charge in [-0.3, -0.25) is 0 Å². The molecule has 2 atom stereocenters. The van der Waals surface area contributed by atoms with Crippen molar-refractivity contribution in [2.24, 2.45) is 22.2 Å². The number of nitrogens with zero attached hydrogens (tertiary/aromatic N) is 1. The summed E-state index contributed by atoms with van der Waals surface area (Å²) >= 11 is 0. The fraction of sp³-hybridized carbons (Fsp3) is 1.00. The summed E-state index contributed by atoms with van der Waals surface area (Å²) in [6, 6.07) is 0.679. The van der Waals surface area contributed by atoms with Gasteiger partial charge in [0.05, 0.1) is 0 Å². The molecule has 1 fully saturated rings. The molecule has 1 aliphatic heterocycles. The lowest BCUT2D eigenvalue weighted by molar-refractivity contribution is 0.0365. The molecule has 0 saturated carbocycles. The standard InChI is InChI=1S/C18H37N/c1-14-10-16(3,4)12-17(5,6)13-19(9)15(2)11-18(14,7)8/h14-15H,10-13H2,1-9H3. The van der Waals surface area contributed by atoms with Crippen LogP contribution in [0.4, 0.5) is 0 Å². The fourth-order valence-electron chi connectivity index (χ4n) is 4.48. The minimum absolute atomic E-state index is 0.410. The number of hydrogen-bond donors (Lipinski definition) is 0. The molecule has 0 N–H and O–H groups in total. The lowest BCUT2D eigenvalue weighted by Crippen LogP contribution is -2.44. The van der Waals surface area contributed by atoms with E-state index in [1.54, 1.807) is 0 Å². The Morgan fingerprint density at radius 3 is 1.89 bits per heavy atom. The number of rotatable bonds is 0. The predicted octanol–water partition coefficient (Wildman–Crippen LogP) is 5.21. The van der Waals surface area contributed by atoms with Crippen LogP contribution >= 0.6 is 0 Å². The zero-order chi connectivity index (χ0) is 15.1. The van der Waals surface area contributed by atoms with Crippen LogP contribution in [0.15, 0.2) is 0 Å². The quantitative estimate of drug-likeness (QED) is 0.582. The molecule has 1 rings (SSSR count). The summed E-state index contributed by atoms with van der Waals surface area (Å²) in [6.45, 7) is 20.8. The van der Waals surface area contributed by atoms with Crippen molar-refractivity contribution in [3.8, 4) is 0 Å². The van der Waals surface area contributed by atoms with Gasteiger partial charge in [-0.25, -0.2) is 0 Å². The molecule has 0 aromatic carbocycles. The Morgan fingerprint density at radius 2 is 1.37 bits per heavy atom. The molecule has 0 aromatic rings. The highest BCUT2D eigenvalue weighted by Crippen LogP contribution is 2.45. The summed E-state index contributed by atoms with van der Waals surface area (Å²) in [7, 11) is 2.31. The monoisotopic (exact) mass is 267 g/mol. The van der Waals surface area contributed by atoms with Crippen molar-refractivity contribution in [2.75, 3.05) is 13.6 Å². The van der Waals surface area contributed by atoms with Gasteiger partial charge in [0, 0.05) is 12.6 Å².